The van der Waals surface area contributed by atoms with Crippen LogP contribution in [0.25, 0.3) is 0 Å². The van der Waals surface area contributed by atoms with Crippen LogP contribution < -0.4 is 0 Å². The molecule has 0 saturated carbocycles. The Labute approximate surface area is 124 Å². The lowest BCUT2D eigenvalue weighted by Gasteiger charge is -2.36. The van der Waals surface area contributed by atoms with Gasteiger partial charge < -0.3 is 14.7 Å². The second kappa shape index (κ2) is 5.85. The Morgan fingerprint density at radius 3 is 2.67 bits per heavy atom. The molecule has 0 aromatic heterocycles. The van der Waals surface area contributed by atoms with Gasteiger partial charge in [0.25, 0.3) is 5.91 Å². The number of carbonyl (C=O) groups is 2. The molecule has 0 radical (unpaired) electrons. The van der Waals surface area contributed by atoms with Gasteiger partial charge in [-0.05, 0) is 43.0 Å². The molecule has 0 aliphatic carbocycles. The lowest BCUT2D eigenvalue weighted by Crippen LogP contribution is -2.49. The highest BCUT2D eigenvalue weighted by atomic mass is 16.5. The largest absolute Gasteiger partial charge is 0.478 e. The number of fused-ring (bicyclic) bond motifs is 1. The molecule has 0 spiro atoms. The van der Waals surface area contributed by atoms with Crippen molar-refractivity contribution in [1.29, 1.82) is 0 Å². The number of rotatable bonds is 4. The van der Waals surface area contributed by atoms with Crippen LogP contribution in [-0.2, 0) is 22.5 Å². The normalized spacial score (nSPS) is 17.0. The summed E-state index contributed by atoms with van der Waals surface area (Å²) in [6, 6.07) is 5.12. The zero-order valence-corrected chi connectivity index (χ0v) is 12.7. The van der Waals surface area contributed by atoms with Crippen molar-refractivity contribution in [2.75, 3.05) is 13.7 Å². The van der Waals surface area contributed by atoms with Crippen LogP contribution in [0.5, 0.6) is 0 Å². The van der Waals surface area contributed by atoms with Gasteiger partial charge in [0.1, 0.15) is 5.60 Å². The van der Waals surface area contributed by atoms with Crippen molar-refractivity contribution in [3.8, 4) is 0 Å². The van der Waals surface area contributed by atoms with Gasteiger partial charge in [-0.2, -0.15) is 0 Å². The number of methoxy groups -OCH3 is 1. The Morgan fingerprint density at radius 2 is 2.10 bits per heavy atom. The zero-order chi connectivity index (χ0) is 15.6. The molecule has 1 aliphatic rings. The number of benzene rings is 1. The molecule has 0 fully saturated rings. The van der Waals surface area contributed by atoms with Crippen LogP contribution in [0, 0.1) is 0 Å². The van der Waals surface area contributed by atoms with E-state index in [1.807, 2.05) is 13.0 Å². The molecule has 0 saturated heterocycles. The van der Waals surface area contributed by atoms with E-state index in [1.54, 1.807) is 31.1 Å². The third-order valence-electron chi connectivity index (χ3n) is 4.33. The van der Waals surface area contributed by atoms with E-state index >= 15 is 0 Å². The molecule has 5 nitrogen and oxygen atoms in total. The van der Waals surface area contributed by atoms with Gasteiger partial charge in [0.05, 0.1) is 5.56 Å². The van der Waals surface area contributed by atoms with Crippen LogP contribution >= 0.6 is 0 Å². The molecule has 21 heavy (non-hydrogen) atoms. The van der Waals surface area contributed by atoms with Gasteiger partial charge in [0.15, 0.2) is 0 Å². The van der Waals surface area contributed by atoms with Crippen LogP contribution in [0.2, 0.25) is 0 Å². The van der Waals surface area contributed by atoms with E-state index < -0.39 is 11.6 Å². The first-order valence-corrected chi connectivity index (χ1v) is 7.11. The summed E-state index contributed by atoms with van der Waals surface area (Å²) in [4.78, 5) is 25.4. The number of nitrogens with zero attached hydrogens (tertiary/aromatic N) is 1. The summed E-state index contributed by atoms with van der Waals surface area (Å²) in [6.45, 7) is 4.78. The average molecular weight is 291 g/mol. The van der Waals surface area contributed by atoms with E-state index in [9.17, 15) is 9.59 Å². The second-order valence-corrected chi connectivity index (χ2v) is 5.55. The van der Waals surface area contributed by atoms with Crippen LogP contribution in [-0.4, -0.2) is 41.1 Å². The fourth-order valence-corrected chi connectivity index (χ4v) is 2.58. The summed E-state index contributed by atoms with van der Waals surface area (Å²) in [5.41, 5.74) is 1.46. The van der Waals surface area contributed by atoms with Gasteiger partial charge in [-0.15, -0.1) is 0 Å². The summed E-state index contributed by atoms with van der Waals surface area (Å²) < 4.78 is 5.37. The first-order valence-electron chi connectivity index (χ1n) is 7.11. The molecule has 1 heterocycles. The molecule has 1 N–H and O–H groups in total. The molecular formula is C16H21NO4. The van der Waals surface area contributed by atoms with Crippen molar-refractivity contribution < 1.29 is 19.4 Å². The minimum Gasteiger partial charge on any atom is -0.478 e. The quantitative estimate of drug-likeness (QED) is 0.922. The Hall–Kier alpha value is -1.88. The summed E-state index contributed by atoms with van der Waals surface area (Å²) in [5, 5.41) is 9.07. The van der Waals surface area contributed by atoms with E-state index in [0.29, 0.717) is 19.5 Å². The van der Waals surface area contributed by atoms with Crippen molar-refractivity contribution >= 4 is 11.9 Å². The summed E-state index contributed by atoms with van der Waals surface area (Å²) >= 11 is 0. The highest BCUT2D eigenvalue weighted by Gasteiger charge is 2.36. The predicted octanol–water partition coefficient (Wildman–Crippen LogP) is 2.08. The Kier molecular flexibility index (Phi) is 4.32. The third-order valence-corrected chi connectivity index (χ3v) is 4.33. The molecule has 0 bridgehead atoms. The second-order valence-electron chi connectivity index (χ2n) is 5.55. The molecule has 5 heteroatoms. The van der Waals surface area contributed by atoms with Gasteiger partial charge in [-0.1, -0.05) is 13.0 Å². The molecule has 1 atom stereocenters. The highest BCUT2D eigenvalue weighted by Crippen LogP contribution is 2.25. The minimum absolute atomic E-state index is 0.0427. The van der Waals surface area contributed by atoms with Crippen molar-refractivity contribution in [3.05, 3.63) is 34.9 Å². The fourth-order valence-electron chi connectivity index (χ4n) is 2.58. The van der Waals surface area contributed by atoms with Gasteiger partial charge in [0, 0.05) is 20.2 Å². The van der Waals surface area contributed by atoms with E-state index in [2.05, 4.69) is 0 Å². The standard InChI is InChI=1S/C16H21NO4/c1-4-16(2,21-3)15(20)17-8-7-11-5-6-12(14(18)19)9-13(11)10-17/h5-6,9H,4,7-8,10H2,1-3H3,(H,18,19). The number of carboxylic acid groups (broad SMARTS) is 1. The fraction of sp³-hybridized carbons (Fsp3) is 0.500. The van der Waals surface area contributed by atoms with Crippen LogP contribution in [0.3, 0.4) is 0 Å². The van der Waals surface area contributed by atoms with Gasteiger partial charge in [0.2, 0.25) is 0 Å². The molecular weight excluding hydrogens is 270 g/mol. The smallest absolute Gasteiger partial charge is 0.335 e. The van der Waals surface area contributed by atoms with Crippen molar-refractivity contribution in [1.82, 2.24) is 4.90 Å². The molecule has 114 valence electrons. The molecule has 1 amide bonds. The Bertz CT molecular complexity index is 563. The summed E-state index contributed by atoms with van der Waals surface area (Å²) in [6.07, 6.45) is 1.34. The molecule has 1 unspecified atom stereocenters. The number of amides is 1. The monoisotopic (exact) mass is 291 g/mol. The number of hydrogen-bond donors (Lipinski definition) is 1. The van der Waals surface area contributed by atoms with Gasteiger partial charge in [-0.3, -0.25) is 4.79 Å². The number of aromatic carboxylic acids is 1. The zero-order valence-electron chi connectivity index (χ0n) is 12.7. The van der Waals surface area contributed by atoms with Crippen molar-refractivity contribution in [2.45, 2.75) is 38.8 Å². The lowest BCUT2D eigenvalue weighted by molar-refractivity contribution is -0.154. The summed E-state index contributed by atoms with van der Waals surface area (Å²) in [7, 11) is 1.54. The maximum absolute atomic E-state index is 12.6. The third kappa shape index (κ3) is 2.93. The van der Waals surface area contributed by atoms with Crippen molar-refractivity contribution in [3.63, 3.8) is 0 Å². The Morgan fingerprint density at radius 1 is 1.38 bits per heavy atom. The first-order chi connectivity index (χ1) is 9.91. The molecule has 2 rings (SSSR count). The topological polar surface area (TPSA) is 66.8 Å². The van der Waals surface area contributed by atoms with Crippen molar-refractivity contribution in [2.24, 2.45) is 0 Å². The van der Waals surface area contributed by atoms with Crippen LogP contribution in [0.4, 0.5) is 0 Å². The van der Waals surface area contributed by atoms with Gasteiger partial charge >= 0.3 is 5.97 Å². The van der Waals surface area contributed by atoms with E-state index in [0.717, 1.165) is 17.5 Å². The molecule has 1 aromatic carbocycles. The molecule has 1 aliphatic heterocycles. The van der Waals surface area contributed by atoms with E-state index in [1.165, 1.54) is 0 Å². The van der Waals surface area contributed by atoms with E-state index in [4.69, 9.17) is 9.84 Å². The molecule has 1 aromatic rings. The highest BCUT2D eigenvalue weighted by molar-refractivity contribution is 5.88. The number of hydrogen-bond acceptors (Lipinski definition) is 3. The first kappa shape index (κ1) is 15.5. The lowest BCUT2D eigenvalue weighted by atomic mass is 9.94. The SMILES string of the molecule is CCC(C)(OC)C(=O)N1CCc2ccc(C(=O)O)cc2C1. The average Bonchev–Trinajstić information content (AvgIpc) is 2.52. The van der Waals surface area contributed by atoms with Crippen LogP contribution in [0.15, 0.2) is 18.2 Å². The van der Waals surface area contributed by atoms with Gasteiger partial charge in [-0.25, -0.2) is 4.79 Å². The Balaban J connectivity index is 2.24. The number of carbonyl (C=O) groups excluding carboxylic acids is 1. The van der Waals surface area contributed by atoms with Crippen LogP contribution in [0.1, 0.15) is 41.8 Å². The minimum atomic E-state index is -0.948. The number of ether oxygens (including phenoxy) is 1. The maximum atomic E-state index is 12.6. The maximum Gasteiger partial charge on any atom is 0.335 e. The predicted molar refractivity (Wildman–Crippen MR) is 78.2 cm³/mol. The number of carboxylic acids is 1. The summed E-state index contributed by atoms with van der Waals surface area (Å²) in [5.74, 6) is -0.990. The van der Waals surface area contributed by atoms with E-state index in [-0.39, 0.29) is 11.5 Å².